The second-order valence-electron chi connectivity index (χ2n) is 5.75. The largest absolute Gasteiger partial charge is 0.469 e. The summed E-state index contributed by atoms with van der Waals surface area (Å²) in [5, 5.41) is 5.15. The van der Waals surface area contributed by atoms with Crippen LogP contribution in [0, 0.1) is 0 Å². The summed E-state index contributed by atoms with van der Waals surface area (Å²) >= 11 is 0. The fraction of sp³-hybridized carbons (Fsp3) is 0.200. The molecule has 0 aromatic heterocycles. The highest BCUT2D eigenvalue weighted by atomic mass is 16.5. The molecule has 0 spiro atoms. The number of nitrogens with one attached hydrogen (secondary N) is 2. The molecule has 9 nitrogen and oxygen atoms in total. The highest BCUT2D eigenvalue weighted by Gasteiger charge is 2.10. The van der Waals surface area contributed by atoms with E-state index < -0.39 is 23.8 Å². The second kappa shape index (κ2) is 10.5. The van der Waals surface area contributed by atoms with E-state index in [1.807, 2.05) is 0 Å². The van der Waals surface area contributed by atoms with Crippen LogP contribution >= 0.6 is 0 Å². The van der Waals surface area contributed by atoms with Gasteiger partial charge in [0.2, 0.25) is 11.8 Å². The zero-order chi connectivity index (χ0) is 21.2. The molecule has 0 saturated heterocycles. The van der Waals surface area contributed by atoms with E-state index in [-0.39, 0.29) is 12.8 Å². The van der Waals surface area contributed by atoms with Crippen molar-refractivity contribution in [3.05, 3.63) is 48.5 Å². The fourth-order valence-electron chi connectivity index (χ4n) is 2.17. The maximum atomic E-state index is 11.6. The highest BCUT2D eigenvalue weighted by molar-refractivity contribution is 6.02. The molecule has 0 aliphatic heterocycles. The summed E-state index contributed by atoms with van der Waals surface area (Å²) in [5.41, 5.74) is 1.02. The summed E-state index contributed by atoms with van der Waals surface area (Å²) < 4.78 is 14.6. The number of hydrogen-bond acceptors (Lipinski definition) is 7. The molecular formula is C20H20N2O7. The van der Waals surface area contributed by atoms with Crippen LogP contribution in [0.5, 0.6) is 11.5 Å². The molecule has 9 heteroatoms. The second-order valence-corrected chi connectivity index (χ2v) is 5.75. The summed E-state index contributed by atoms with van der Waals surface area (Å²) in [7, 11) is 2.43. The van der Waals surface area contributed by atoms with Crippen molar-refractivity contribution in [3.63, 3.8) is 0 Å². The van der Waals surface area contributed by atoms with E-state index in [9.17, 15) is 19.2 Å². The van der Waals surface area contributed by atoms with E-state index in [0.717, 1.165) is 0 Å². The van der Waals surface area contributed by atoms with Gasteiger partial charge >= 0.3 is 11.9 Å². The Morgan fingerprint density at radius 3 is 1.31 bits per heavy atom. The lowest BCUT2D eigenvalue weighted by Gasteiger charge is -2.09. The van der Waals surface area contributed by atoms with Crippen molar-refractivity contribution in [2.24, 2.45) is 0 Å². The topological polar surface area (TPSA) is 120 Å². The Kier molecular flexibility index (Phi) is 7.72. The van der Waals surface area contributed by atoms with Crippen LogP contribution in [0.3, 0.4) is 0 Å². The summed E-state index contributed by atoms with van der Waals surface area (Å²) in [5.74, 6) is -1.14. The van der Waals surface area contributed by atoms with E-state index in [1.54, 1.807) is 48.5 Å². The summed E-state index contributed by atoms with van der Waals surface area (Å²) in [6.07, 6.45) is -0.728. The van der Waals surface area contributed by atoms with Gasteiger partial charge in [0, 0.05) is 11.4 Å². The third kappa shape index (κ3) is 7.33. The van der Waals surface area contributed by atoms with Crippen LogP contribution in [0.2, 0.25) is 0 Å². The Balaban J connectivity index is 1.88. The minimum absolute atomic E-state index is 0.364. The molecule has 29 heavy (non-hydrogen) atoms. The summed E-state index contributed by atoms with van der Waals surface area (Å²) in [6, 6.07) is 13.1. The van der Waals surface area contributed by atoms with Gasteiger partial charge in [0.25, 0.3) is 0 Å². The number of benzene rings is 2. The minimum atomic E-state index is -0.618. The zero-order valence-electron chi connectivity index (χ0n) is 15.9. The highest BCUT2D eigenvalue weighted by Crippen LogP contribution is 2.24. The van der Waals surface area contributed by atoms with Crippen molar-refractivity contribution >= 4 is 35.1 Å². The Morgan fingerprint density at radius 1 is 0.655 bits per heavy atom. The quantitative estimate of drug-likeness (QED) is 0.516. The molecule has 2 aromatic carbocycles. The third-order valence-electron chi connectivity index (χ3n) is 3.58. The minimum Gasteiger partial charge on any atom is -0.469 e. The van der Waals surface area contributed by atoms with Gasteiger partial charge in [0.15, 0.2) is 0 Å². The van der Waals surface area contributed by atoms with Gasteiger partial charge in [0.05, 0.1) is 14.2 Å². The molecule has 152 valence electrons. The Hall–Kier alpha value is -3.88. The molecular weight excluding hydrogens is 380 g/mol. The van der Waals surface area contributed by atoms with Gasteiger partial charge in [-0.05, 0) is 48.5 Å². The smallest absolute Gasteiger partial charge is 0.315 e. The Labute approximate surface area is 166 Å². The van der Waals surface area contributed by atoms with E-state index >= 15 is 0 Å². The monoisotopic (exact) mass is 400 g/mol. The molecule has 0 bridgehead atoms. The first-order chi connectivity index (χ1) is 13.9. The molecule has 0 aliphatic carbocycles. The maximum Gasteiger partial charge on any atom is 0.315 e. The number of amides is 2. The van der Waals surface area contributed by atoms with Gasteiger partial charge in [-0.15, -0.1) is 0 Å². The molecule has 0 aliphatic rings. The molecule has 0 atom stereocenters. The van der Waals surface area contributed by atoms with E-state index in [1.165, 1.54) is 14.2 Å². The zero-order valence-corrected chi connectivity index (χ0v) is 15.9. The van der Waals surface area contributed by atoms with Crippen LogP contribution < -0.4 is 15.4 Å². The standard InChI is InChI=1S/C20H20N2O7/c1-27-19(25)11-17(23)21-13-3-7-15(8-4-13)29-16-9-5-14(6-10-16)22-18(24)12-20(26)28-2/h3-10H,11-12H2,1-2H3,(H,21,23)(H,22,24). The van der Waals surface area contributed by atoms with Crippen LogP contribution in [0.4, 0.5) is 11.4 Å². The van der Waals surface area contributed by atoms with Gasteiger partial charge < -0.3 is 24.8 Å². The van der Waals surface area contributed by atoms with Crippen molar-refractivity contribution in [3.8, 4) is 11.5 Å². The van der Waals surface area contributed by atoms with Crippen molar-refractivity contribution in [1.82, 2.24) is 0 Å². The molecule has 0 saturated carbocycles. The molecule has 0 radical (unpaired) electrons. The predicted molar refractivity (Wildman–Crippen MR) is 103 cm³/mol. The summed E-state index contributed by atoms with van der Waals surface area (Å²) in [4.78, 5) is 45.4. The van der Waals surface area contributed by atoms with Crippen LogP contribution in [-0.4, -0.2) is 38.0 Å². The van der Waals surface area contributed by atoms with Crippen LogP contribution in [-0.2, 0) is 28.7 Å². The van der Waals surface area contributed by atoms with E-state index in [4.69, 9.17) is 4.74 Å². The summed E-state index contributed by atoms with van der Waals surface area (Å²) in [6.45, 7) is 0. The number of ether oxygens (including phenoxy) is 3. The Morgan fingerprint density at radius 2 is 1.00 bits per heavy atom. The third-order valence-corrected chi connectivity index (χ3v) is 3.58. The lowest BCUT2D eigenvalue weighted by Crippen LogP contribution is -2.17. The molecule has 2 aromatic rings. The van der Waals surface area contributed by atoms with Crippen LogP contribution in [0.25, 0.3) is 0 Å². The van der Waals surface area contributed by atoms with Crippen molar-refractivity contribution in [2.75, 3.05) is 24.9 Å². The van der Waals surface area contributed by atoms with Crippen molar-refractivity contribution in [2.45, 2.75) is 12.8 Å². The normalized spacial score (nSPS) is 9.86. The van der Waals surface area contributed by atoms with Crippen LogP contribution in [0.1, 0.15) is 12.8 Å². The van der Waals surface area contributed by atoms with Crippen molar-refractivity contribution < 1.29 is 33.4 Å². The van der Waals surface area contributed by atoms with Gasteiger partial charge in [0.1, 0.15) is 24.3 Å². The number of carbonyl (C=O) groups is 4. The molecule has 2 rings (SSSR count). The number of anilines is 2. The van der Waals surface area contributed by atoms with Gasteiger partial charge in [-0.25, -0.2) is 0 Å². The average molecular weight is 400 g/mol. The maximum absolute atomic E-state index is 11.6. The molecule has 0 unspecified atom stereocenters. The predicted octanol–water partition coefficient (Wildman–Crippen LogP) is 2.48. The van der Waals surface area contributed by atoms with Gasteiger partial charge in [-0.3, -0.25) is 19.2 Å². The average Bonchev–Trinajstić information content (AvgIpc) is 2.70. The van der Waals surface area contributed by atoms with E-state index in [2.05, 4.69) is 20.1 Å². The van der Waals surface area contributed by atoms with Gasteiger partial charge in [-0.1, -0.05) is 0 Å². The Bertz CT molecular complexity index is 803. The molecule has 0 fully saturated rings. The SMILES string of the molecule is COC(=O)CC(=O)Nc1ccc(Oc2ccc(NC(=O)CC(=O)OC)cc2)cc1. The fourth-order valence-corrected chi connectivity index (χ4v) is 2.17. The van der Waals surface area contributed by atoms with Crippen LogP contribution in [0.15, 0.2) is 48.5 Å². The lowest BCUT2D eigenvalue weighted by atomic mass is 10.2. The number of carbonyl (C=O) groups excluding carboxylic acids is 4. The first-order valence-corrected chi connectivity index (χ1v) is 8.51. The number of esters is 2. The number of methoxy groups -OCH3 is 2. The molecule has 2 amide bonds. The number of rotatable bonds is 8. The first-order valence-electron chi connectivity index (χ1n) is 8.51. The van der Waals surface area contributed by atoms with Crippen molar-refractivity contribution in [1.29, 1.82) is 0 Å². The molecule has 0 heterocycles. The number of hydrogen-bond donors (Lipinski definition) is 2. The first kappa shape index (κ1) is 21.4. The van der Waals surface area contributed by atoms with Gasteiger partial charge in [-0.2, -0.15) is 0 Å². The molecule has 2 N–H and O–H groups in total. The van der Waals surface area contributed by atoms with E-state index in [0.29, 0.717) is 22.9 Å². The lowest BCUT2D eigenvalue weighted by molar-refractivity contribution is -0.144.